The van der Waals surface area contributed by atoms with Crippen molar-refractivity contribution in [1.82, 2.24) is 4.72 Å². The Morgan fingerprint density at radius 1 is 1.00 bits per heavy atom. The molecule has 0 aromatic heterocycles. The van der Waals surface area contributed by atoms with E-state index in [1.807, 2.05) is 7.05 Å². The molecule has 0 amide bonds. The van der Waals surface area contributed by atoms with Crippen molar-refractivity contribution in [3.8, 4) is 0 Å². The molecule has 1 aliphatic rings. The van der Waals surface area contributed by atoms with Crippen molar-refractivity contribution in [3.63, 3.8) is 0 Å². The highest BCUT2D eigenvalue weighted by Gasteiger charge is 2.20. The van der Waals surface area contributed by atoms with E-state index in [0.717, 1.165) is 31.4 Å². The summed E-state index contributed by atoms with van der Waals surface area (Å²) in [6, 6.07) is 6.94. The molecular formula is C14H22N2O2S. The molecule has 0 spiro atoms. The predicted molar refractivity (Wildman–Crippen MR) is 77.8 cm³/mol. The lowest BCUT2D eigenvalue weighted by atomic mass is 10.1. The Bertz CT molecular complexity index is 489. The second-order valence-corrected chi connectivity index (χ2v) is 6.80. The third-order valence-electron chi connectivity index (χ3n) is 3.63. The van der Waals surface area contributed by atoms with E-state index in [9.17, 15) is 8.42 Å². The fourth-order valence-electron chi connectivity index (χ4n) is 2.49. The van der Waals surface area contributed by atoms with Gasteiger partial charge in [-0.2, -0.15) is 0 Å². The van der Waals surface area contributed by atoms with Crippen LogP contribution in [-0.4, -0.2) is 21.5 Å². The number of hydrogen-bond donors (Lipinski definition) is 2. The molecule has 0 bridgehead atoms. The van der Waals surface area contributed by atoms with Gasteiger partial charge in [0.2, 0.25) is 10.0 Å². The predicted octanol–water partition coefficient (Wildman–Crippen LogP) is 2.73. The molecule has 1 saturated carbocycles. The molecule has 106 valence electrons. The molecule has 1 aliphatic carbocycles. The summed E-state index contributed by atoms with van der Waals surface area (Å²) in [5, 5.41) is 2.98. The zero-order valence-electron chi connectivity index (χ0n) is 11.4. The van der Waals surface area contributed by atoms with Gasteiger partial charge in [0.05, 0.1) is 4.90 Å². The average molecular weight is 282 g/mol. The van der Waals surface area contributed by atoms with E-state index < -0.39 is 10.0 Å². The largest absolute Gasteiger partial charge is 0.388 e. The minimum atomic E-state index is -3.38. The molecule has 1 aromatic carbocycles. The quantitative estimate of drug-likeness (QED) is 0.835. The van der Waals surface area contributed by atoms with E-state index in [1.54, 1.807) is 24.3 Å². The first-order valence-corrected chi connectivity index (χ1v) is 8.40. The van der Waals surface area contributed by atoms with Crippen molar-refractivity contribution in [2.45, 2.75) is 49.5 Å². The van der Waals surface area contributed by atoms with Crippen LogP contribution in [0.4, 0.5) is 5.69 Å². The summed E-state index contributed by atoms with van der Waals surface area (Å²) in [4.78, 5) is 0.343. The molecule has 0 aliphatic heterocycles. The third-order valence-corrected chi connectivity index (χ3v) is 5.17. The van der Waals surface area contributed by atoms with Gasteiger partial charge in [-0.25, -0.2) is 13.1 Å². The Morgan fingerprint density at radius 2 is 1.58 bits per heavy atom. The van der Waals surface area contributed by atoms with E-state index in [4.69, 9.17) is 0 Å². The van der Waals surface area contributed by atoms with Crippen LogP contribution in [-0.2, 0) is 10.0 Å². The SMILES string of the molecule is CNc1ccc(S(=O)(=O)NC2CCCCCC2)cc1. The minimum absolute atomic E-state index is 0.0940. The van der Waals surface area contributed by atoms with Crippen LogP contribution in [0.25, 0.3) is 0 Å². The van der Waals surface area contributed by atoms with Crippen LogP contribution in [0, 0.1) is 0 Å². The fourth-order valence-corrected chi connectivity index (χ4v) is 3.79. The van der Waals surface area contributed by atoms with E-state index in [0.29, 0.717) is 4.90 Å². The van der Waals surface area contributed by atoms with Crippen molar-refractivity contribution in [3.05, 3.63) is 24.3 Å². The van der Waals surface area contributed by atoms with Crippen molar-refractivity contribution in [1.29, 1.82) is 0 Å². The Balaban J connectivity index is 2.07. The molecule has 5 heteroatoms. The number of nitrogens with one attached hydrogen (secondary N) is 2. The first-order chi connectivity index (χ1) is 9.12. The number of rotatable bonds is 4. The van der Waals surface area contributed by atoms with Gasteiger partial charge in [-0.1, -0.05) is 25.7 Å². The molecule has 4 nitrogen and oxygen atoms in total. The smallest absolute Gasteiger partial charge is 0.240 e. The highest BCUT2D eigenvalue weighted by Crippen LogP contribution is 2.20. The van der Waals surface area contributed by atoms with Crippen LogP contribution in [0.15, 0.2) is 29.2 Å². The van der Waals surface area contributed by atoms with E-state index in [-0.39, 0.29) is 6.04 Å². The summed E-state index contributed by atoms with van der Waals surface area (Å²) < 4.78 is 27.4. The molecule has 19 heavy (non-hydrogen) atoms. The highest BCUT2D eigenvalue weighted by molar-refractivity contribution is 7.89. The number of hydrogen-bond acceptors (Lipinski definition) is 3. The van der Waals surface area contributed by atoms with Gasteiger partial charge in [-0.3, -0.25) is 0 Å². The zero-order valence-corrected chi connectivity index (χ0v) is 12.2. The molecule has 2 N–H and O–H groups in total. The van der Waals surface area contributed by atoms with Crippen LogP contribution in [0.2, 0.25) is 0 Å². The molecule has 1 fully saturated rings. The molecule has 0 heterocycles. The first-order valence-electron chi connectivity index (χ1n) is 6.92. The van der Waals surface area contributed by atoms with Gasteiger partial charge in [-0.05, 0) is 37.1 Å². The monoisotopic (exact) mass is 282 g/mol. The number of anilines is 1. The van der Waals surface area contributed by atoms with E-state index in [2.05, 4.69) is 10.0 Å². The Hall–Kier alpha value is -1.07. The van der Waals surface area contributed by atoms with Crippen LogP contribution < -0.4 is 10.0 Å². The zero-order chi connectivity index (χ0) is 13.7. The third kappa shape index (κ3) is 3.94. The van der Waals surface area contributed by atoms with Crippen LogP contribution in [0.1, 0.15) is 38.5 Å². The van der Waals surface area contributed by atoms with E-state index >= 15 is 0 Å². The summed E-state index contributed by atoms with van der Waals surface area (Å²) in [6.07, 6.45) is 6.57. The van der Waals surface area contributed by atoms with Gasteiger partial charge < -0.3 is 5.32 Å². The van der Waals surface area contributed by atoms with Gasteiger partial charge in [0.25, 0.3) is 0 Å². The van der Waals surface area contributed by atoms with Gasteiger partial charge >= 0.3 is 0 Å². The van der Waals surface area contributed by atoms with Gasteiger partial charge in [0.1, 0.15) is 0 Å². The molecule has 0 radical (unpaired) electrons. The average Bonchev–Trinajstić information content (AvgIpc) is 2.67. The van der Waals surface area contributed by atoms with Gasteiger partial charge in [-0.15, -0.1) is 0 Å². The summed E-state index contributed by atoms with van der Waals surface area (Å²) in [6.45, 7) is 0. The van der Waals surface area contributed by atoms with Gasteiger partial charge in [0, 0.05) is 18.8 Å². The minimum Gasteiger partial charge on any atom is -0.388 e. The van der Waals surface area contributed by atoms with Crippen molar-refractivity contribution in [2.75, 3.05) is 12.4 Å². The molecule has 0 atom stereocenters. The molecule has 0 saturated heterocycles. The Morgan fingerprint density at radius 3 is 2.11 bits per heavy atom. The standard InChI is InChI=1S/C14H22N2O2S/c1-15-12-8-10-14(11-9-12)19(17,18)16-13-6-4-2-3-5-7-13/h8-11,13,15-16H,2-7H2,1H3. The van der Waals surface area contributed by atoms with Crippen LogP contribution in [0.5, 0.6) is 0 Å². The van der Waals surface area contributed by atoms with Crippen LogP contribution >= 0.6 is 0 Å². The Labute approximate surface area is 115 Å². The Kier molecular flexibility index (Phi) is 4.82. The maximum absolute atomic E-state index is 12.3. The maximum Gasteiger partial charge on any atom is 0.240 e. The lowest BCUT2D eigenvalue weighted by Crippen LogP contribution is -2.34. The summed E-state index contributed by atoms with van der Waals surface area (Å²) >= 11 is 0. The second kappa shape index (κ2) is 6.39. The fraction of sp³-hybridized carbons (Fsp3) is 0.571. The maximum atomic E-state index is 12.3. The van der Waals surface area contributed by atoms with Crippen molar-refractivity contribution in [2.24, 2.45) is 0 Å². The van der Waals surface area contributed by atoms with Crippen LogP contribution in [0.3, 0.4) is 0 Å². The lowest BCUT2D eigenvalue weighted by molar-refractivity contribution is 0.510. The topological polar surface area (TPSA) is 58.2 Å². The summed E-state index contributed by atoms with van der Waals surface area (Å²) in [5.74, 6) is 0. The summed E-state index contributed by atoms with van der Waals surface area (Å²) in [7, 11) is -1.57. The highest BCUT2D eigenvalue weighted by atomic mass is 32.2. The molecule has 0 unspecified atom stereocenters. The molecular weight excluding hydrogens is 260 g/mol. The van der Waals surface area contributed by atoms with Gasteiger partial charge in [0.15, 0.2) is 0 Å². The first kappa shape index (κ1) is 14.3. The normalized spacial score (nSPS) is 17.9. The van der Waals surface area contributed by atoms with Crippen molar-refractivity contribution < 1.29 is 8.42 Å². The van der Waals surface area contributed by atoms with Crippen molar-refractivity contribution >= 4 is 15.7 Å². The molecule has 2 rings (SSSR count). The second-order valence-electron chi connectivity index (χ2n) is 5.08. The number of sulfonamides is 1. The molecule has 1 aromatic rings. The van der Waals surface area contributed by atoms with E-state index in [1.165, 1.54) is 12.8 Å². The number of benzene rings is 1. The lowest BCUT2D eigenvalue weighted by Gasteiger charge is -2.16. The summed E-state index contributed by atoms with van der Waals surface area (Å²) in [5.41, 5.74) is 0.911.